The molecule has 3 nitrogen and oxygen atoms in total. The molecule has 0 aliphatic carbocycles. The fourth-order valence-corrected chi connectivity index (χ4v) is 3.20. The second-order valence-electron chi connectivity index (χ2n) is 3.41. The number of aromatic nitrogens is 1. The first-order valence-electron chi connectivity index (χ1n) is 4.67. The third-order valence-corrected chi connectivity index (χ3v) is 4.22. The highest BCUT2D eigenvalue weighted by Crippen LogP contribution is 2.20. The molecule has 0 aliphatic rings. The molecule has 5 heteroatoms. The molecule has 1 aromatic carbocycles. The summed E-state index contributed by atoms with van der Waals surface area (Å²) >= 11 is 5.77. The van der Waals surface area contributed by atoms with E-state index in [-0.39, 0.29) is 4.90 Å². The van der Waals surface area contributed by atoms with Crippen LogP contribution in [-0.2, 0) is 10.0 Å². The SMILES string of the molecule is Cc1cc(Cl)cn1S(=O)(=O)c1ccccc1. The largest absolute Gasteiger partial charge is 0.267 e. The van der Waals surface area contributed by atoms with Crippen LogP contribution in [0.25, 0.3) is 0 Å². The molecule has 0 saturated heterocycles. The smallest absolute Gasteiger partial charge is 0.245 e. The van der Waals surface area contributed by atoms with Crippen molar-refractivity contribution in [3.63, 3.8) is 0 Å². The molecule has 0 N–H and O–H groups in total. The van der Waals surface area contributed by atoms with E-state index in [9.17, 15) is 8.42 Å². The number of hydrogen-bond acceptors (Lipinski definition) is 2. The Morgan fingerprint density at radius 1 is 1.19 bits per heavy atom. The lowest BCUT2D eigenvalue weighted by Crippen LogP contribution is -2.12. The van der Waals surface area contributed by atoms with Gasteiger partial charge >= 0.3 is 0 Å². The standard InChI is InChI=1S/C11H10ClNO2S/c1-9-7-10(12)8-13(9)16(14,15)11-5-3-2-4-6-11/h2-8H,1H3. The van der Waals surface area contributed by atoms with E-state index in [4.69, 9.17) is 11.6 Å². The summed E-state index contributed by atoms with van der Waals surface area (Å²) in [5.74, 6) is 0. The molecule has 2 aromatic rings. The molecule has 0 unspecified atom stereocenters. The summed E-state index contributed by atoms with van der Waals surface area (Å²) in [7, 11) is -3.52. The molecular weight excluding hydrogens is 246 g/mol. The molecule has 0 radical (unpaired) electrons. The van der Waals surface area contributed by atoms with E-state index in [1.807, 2.05) is 0 Å². The molecule has 1 aromatic heterocycles. The van der Waals surface area contributed by atoms with Crippen LogP contribution < -0.4 is 0 Å². The molecule has 84 valence electrons. The highest BCUT2D eigenvalue weighted by atomic mass is 35.5. The van der Waals surface area contributed by atoms with Crippen molar-refractivity contribution in [2.75, 3.05) is 0 Å². The van der Waals surface area contributed by atoms with E-state index < -0.39 is 10.0 Å². The summed E-state index contributed by atoms with van der Waals surface area (Å²) in [5.41, 5.74) is 0.592. The number of benzene rings is 1. The van der Waals surface area contributed by atoms with Crippen molar-refractivity contribution in [2.45, 2.75) is 11.8 Å². The lowest BCUT2D eigenvalue weighted by Gasteiger charge is -2.07. The van der Waals surface area contributed by atoms with E-state index in [0.717, 1.165) is 0 Å². The number of aryl methyl sites for hydroxylation is 1. The second kappa shape index (κ2) is 3.96. The Hall–Kier alpha value is -1.26. The van der Waals surface area contributed by atoms with Crippen molar-refractivity contribution in [1.29, 1.82) is 0 Å². The van der Waals surface area contributed by atoms with Crippen molar-refractivity contribution >= 4 is 21.6 Å². The third-order valence-electron chi connectivity index (χ3n) is 2.24. The predicted molar refractivity (Wildman–Crippen MR) is 63.2 cm³/mol. The molecule has 0 fully saturated rings. The minimum Gasteiger partial charge on any atom is -0.245 e. The highest BCUT2D eigenvalue weighted by molar-refractivity contribution is 7.90. The molecule has 0 aliphatic heterocycles. The Morgan fingerprint density at radius 3 is 2.31 bits per heavy atom. The Bertz CT molecular complexity index is 602. The summed E-state index contributed by atoms with van der Waals surface area (Å²) in [6, 6.07) is 9.88. The van der Waals surface area contributed by atoms with Gasteiger partial charge in [0.1, 0.15) is 0 Å². The number of nitrogens with zero attached hydrogens (tertiary/aromatic N) is 1. The molecular formula is C11H10ClNO2S. The van der Waals surface area contributed by atoms with Gasteiger partial charge in [-0.05, 0) is 25.1 Å². The number of halogens is 1. The molecule has 0 bridgehead atoms. The van der Waals surface area contributed by atoms with Crippen LogP contribution in [0, 0.1) is 6.92 Å². The second-order valence-corrected chi connectivity index (χ2v) is 5.66. The number of hydrogen-bond donors (Lipinski definition) is 0. The third kappa shape index (κ3) is 1.86. The molecule has 0 amide bonds. The average Bonchev–Trinajstić information content (AvgIpc) is 2.60. The fraction of sp³-hybridized carbons (Fsp3) is 0.0909. The lowest BCUT2D eigenvalue weighted by molar-refractivity contribution is 0.586. The van der Waals surface area contributed by atoms with Gasteiger partial charge in [0, 0.05) is 11.9 Å². The van der Waals surface area contributed by atoms with Crippen LogP contribution in [0.5, 0.6) is 0 Å². The predicted octanol–water partition coefficient (Wildman–Crippen LogP) is 2.69. The Kier molecular flexibility index (Phi) is 2.78. The summed E-state index contributed by atoms with van der Waals surface area (Å²) in [5, 5.41) is 0.414. The lowest BCUT2D eigenvalue weighted by atomic mass is 10.4. The van der Waals surface area contributed by atoms with Gasteiger partial charge in [-0.3, -0.25) is 0 Å². The summed E-state index contributed by atoms with van der Waals surface area (Å²) < 4.78 is 25.5. The van der Waals surface area contributed by atoms with E-state index in [1.54, 1.807) is 43.3 Å². The molecule has 0 atom stereocenters. The van der Waals surface area contributed by atoms with Gasteiger partial charge in [0.05, 0.1) is 9.92 Å². The van der Waals surface area contributed by atoms with Crippen molar-refractivity contribution in [3.05, 3.63) is 53.3 Å². The van der Waals surface area contributed by atoms with E-state index in [2.05, 4.69) is 0 Å². The van der Waals surface area contributed by atoms with Crippen molar-refractivity contribution < 1.29 is 8.42 Å². The van der Waals surface area contributed by atoms with Crippen molar-refractivity contribution in [2.24, 2.45) is 0 Å². The van der Waals surface area contributed by atoms with Crippen LogP contribution in [0.4, 0.5) is 0 Å². The monoisotopic (exact) mass is 255 g/mol. The molecule has 16 heavy (non-hydrogen) atoms. The maximum absolute atomic E-state index is 12.2. The van der Waals surface area contributed by atoms with Crippen LogP contribution in [0.15, 0.2) is 47.5 Å². The molecule has 0 saturated carbocycles. The molecule has 1 heterocycles. The first-order chi connectivity index (χ1) is 7.51. The quantitative estimate of drug-likeness (QED) is 0.828. The van der Waals surface area contributed by atoms with Gasteiger partial charge in [-0.25, -0.2) is 12.4 Å². The van der Waals surface area contributed by atoms with Crippen LogP contribution in [-0.4, -0.2) is 12.4 Å². The van der Waals surface area contributed by atoms with Gasteiger partial charge in [-0.2, -0.15) is 0 Å². The maximum Gasteiger partial charge on any atom is 0.267 e. The summed E-state index contributed by atoms with van der Waals surface area (Å²) in [4.78, 5) is 0.255. The average molecular weight is 256 g/mol. The number of rotatable bonds is 2. The van der Waals surface area contributed by atoms with Crippen molar-refractivity contribution in [1.82, 2.24) is 3.97 Å². The van der Waals surface area contributed by atoms with Crippen LogP contribution in [0.2, 0.25) is 5.02 Å². The van der Waals surface area contributed by atoms with Gasteiger partial charge in [-0.1, -0.05) is 29.8 Å². The first kappa shape index (κ1) is 11.2. The minimum absolute atomic E-state index is 0.255. The molecule has 0 spiro atoms. The summed E-state index contributed by atoms with van der Waals surface area (Å²) in [6.45, 7) is 1.70. The Morgan fingerprint density at radius 2 is 1.81 bits per heavy atom. The van der Waals surface area contributed by atoms with Gasteiger partial charge in [0.25, 0.3) is 10.0 Å². The van der Waals surface area contributed by atoms with Gasteiger partial charge in [-0.15, -0.1) is 0 Å². The van der Waals surface area contributed by atoms with E-state index >= 15 is 0 Å². The molecule has 2 rings (SSSR count). The topological polar surface area (TPSA) is 39.1 Å². The minimum atomic E-state index is -3.52. The highest BCUT2D eigenvalue weighted by Gasteiger charge is 2.18. The van der Waals surface area contributed by atoms with Gasteiger partial charge < -0.3 is 0 Å². The van der Waals surface area contributed by atoms with Gasteiger partial charge in [0.15, 0.2) is 0 Å². The zero-order valence-corrected chi connectivity index (χ0v) is 10.2. The van der Waals surface area contributed by atoms with Crippen LogP contribution in [0.3, 0.4) is 0 Å². The first-order valence-corrected chi connectivity index (χ1v) is 6.49. The Labute approximate surface area is 99.3 Å². The fourth-order valence-electron chi connectivity index (χ4n) is 1.48. The van der Waals surface area contributed by atoms with E-state index in [1.165, 1.54) is 10.2 Å². The maximum atomic E-state index is 12.2. The van der Waals surface area contributed by atoms with Crippen LogP contribution >= 0.6 is 11.6 Å². The Balaban J connectivity index is 2.61. The van der Waals surface area contributed by atoms with Crippen molar-refractivity contribution in [3.8, 4) is 0 Å². The normalized spacial score (nSPS) is 11.6. The zero-order valence-electron chi connectivity index (χ0n) is 8.59. The summed E-state index contributed by atoms with van der Waals surface area (Å²) in [6.07, 6.45) is 1.40. The van der Waals surface area contributed by atoms with E-state index in [0.29, 0.717) is 10.7 Å². The zero-order chi connectivity index (χ0) is 11.8. The van der Waals surface area contributed by atoms with Crippen LogP contribution in [0.1, 0.15) is 5.69 Å². The van der Waals surface area contributed by atoms with Gasteiger partial charge in [0.2, 0.25) is 0 Å².